The number of likely N-dealkylation sites (N-methyl/N-ethyl adjacent to an activating group) is 1. The predicted molar refractivity (Wildman–Crippen MR) is 161 cm³/mol. The van der Waals surface area contributed by atoms with Crippen LogP contribution in [0.15, 0.2) is 27.4 Å². The first-order chi connectivity index (χ1) is 21.7. The second-order valence-corrected chi connectivity index (χ2v) is 11.5. The van der Waals surface area contributed by atoms with Crippen molar-refractivity contribution >= 4 is 39.4 Å². The third-order valence-electron chi connectivity index (χ3n) is 8.77. The SMILES string of the molecule is CCCOC1c2cc3c(c(O)c2C(=O)N(C)C1OC)-c1c2c(c4oc5c(OC)c(Cl)ccc5c(=O)c4c1O)OCOC2C3OC. The average Bonchev–Trinajstić information content (AvgIpc) is 3.03. The number of rotatable bonds is 6. The summed E-state index contributed by atoms with van der Waals surface area (Å²) in [5, 5.41) is 24.1. The summed E-state index contributed by atoms with van der Waals surface area (Å²) in [7, 11) is 5.92. The van der Waals surface area contributed by atoms with Gasteiger partial charge in [0.15, 0.2) is 35.7 Å². The zero-order valence-electron chi connectivity index (χ0n) is 25.1. The van der Waals surface area contributed by atoms with Crippen LogP contribution >= 0.6 is 11.6 Å². The monoisotopic (exact) mass is 639 g/mol. The van der Waals surface area contributed by atoms with Crippen LogP contribution in [0.25, 0.3) is 33.1 Å². The number of benzene rings is 3. The van der Waals surface area contributed by atoms with Crippen molar-refractivity contribution in [2.75, 3.05) is 41.8 Å². The van der Waals surface area contributed by atoms with Crippen molar-refractivity contribution in [3.8, 4) is 34.1 Å². The molecule has 4 unspecified atom stereocenters. The summed E-state index contributed by atoms with van der Waals surface area (Å²) < 4.78 is 41.4. The quantitative estimate of drug-likeness (QED) is 0.264. The van der Waals surface area contributed by atoms with E-state index < -0.39 is 47.4 Å². The first-order valence-electron chi connectivity index (χ1n) is 14.3. The van der Waals surface area contributed by atoms with Crippen LogP contribution in [0.5, 0.6) is 23.0 Å². The zero-order chi connectivity index (χ0) is 31.9. The molecule has 7 rings (SSSR count). The van der Waals surface area contributed by atoms with Gasteiger partial charge in [0.1, 0.15) is 35.2 Å². The van der Waals surface area contributed by atoms with E-state index in [0.29, 0.717) is 24.2 Å². The summed E-state index contributed by atoms with van der Waals surface area (Å²) in [5.74, 6) is -1.15. The average molecular weight is 640 g/mol. The smallest absolute Gasteiger partial charge is 0.259 e. The molecule has 3 aromatic carbocycles. The van der Waals surface area contributed by atoms with Crippen LogP contribution in [0.1, 0.15) is 58.7 Å². The molecule has 0 fully saturated rings. The molecule has 3 aliphatic rings. The molecule has 0 bridgehead atoms. The van der Waals surface area contributed by atoms with E-state index in [-0.39, 0.29) is 67.5 Å². The molecule has 0 saturated heterocycles. The first kappa shape index (κ1) is 29.6. The largest absolute Gasteiger partial charge is 0.506 e. The van der Waals surface area contributed by atoms with Crippen molar-refractivity contribution < 1.29 is 47.8 Å². The third kappa shape index (κ3) is 3.93. The maximum absolute atomic E-state index is 14.0. The van der Waals surface area contributed by atoms with Crippen LogP contribution < -0.4 is 14.9 Å². The number of methoxy groups -OCH3 is 3. The molecule has 1 aromatic heterocycles. The van der Waals surface area contributed by atoms with E-state index in [2.05, 4.69) is 0 Å². The van der Waals surface area contributed by atoms with E-state index in [9.17, 15) is 19.8 Å². The number of halogens is 1. The Labute approximate surface area is 261 Å². The topological polar surface area (TPSA) is 146 Å². The number of carbonyl (C=O) groups excluding carboxylic acids is 1. The highest BCUT2D eigenvalue weighted by atomic mass is 35.5. The number of ether oxygens (including phenoxy) is 6. The normalized spacial score (nSPS) is 21.8. The van der Waals surface area contributed by atoms with Crippen LogP contribution in [0.3, 0.4) is 0 Å². The van der Waals surface area contributed by atoms with Crippen LogP contribution in [0, 0.1) is 0 Å². The van der Waals surface area contributed by atoms with Crippen LogP contribution in [-0.2, 0) is 18.9 Å². The van der Waals surface area contributed by atoms with E-state index >= 15 is 0 Å². The molecule has 13 heteroatoms. The number of fused-ring (bicyclic) bond motifs is 6. The molecule has 0 radical (unpaired) electrons. The van der Waals surface area contributed by atoms with Gasteiger partial charge in [-0.05, 0) is 30.2 Å². The summed E-state index contributed by atoms with van der Waals surface area (Å²) in [4.78, 5) is 29.1. The molecule has 4 aromatic rings. The highest BCUT2D eigenvalue weighted by Gasteiger charge is 2.48. The Bertz CT molecular complexity index is 1970. The first-order valence-corrected chi connectivity index (χ1v) is 14.7. The second-order valence-electron chi connectivity index (χ2n) is 11.1. The predicted octanol–water partition coefficient (Wildman–Crippen LogP) is 5.32. The van der Waals surface area contributed by atoms with E-state index in [0.717, 1.165) is 0 Å². The number of hydrogen-bond acceptors (Lipinski definition) is 11. The highest BCUT2D eigenvalue weighted by molar-refractivity contribution is 6.33. The molecule has 3 heterocycles. The maximum atomic E-state index is 14.0. The Balaban J connectivity index is 1.61. The van der Waals surface area contributed by atoms with Gasteiger partial charge in [0.25, 0.3) is 5.91 Å². The number of phenolic OH excluding ortho intramolecular Hbond substituents is 2. The molecule has 2 N–H and O–H groups in total. The molecule has 1 amide bonds. The Morgan fingerprint density at radius 1 is 1.00 bits per heavy atom. The molecule has 12 nitrogen and oxygen atoms in total. The summed E-state index contributed by atoms with van der Waals surface area (Å²) in [6.45, 7) is 2.11. The number of phenols is 2. The van der Waals surface area contributed by atoms with E-state index in [4.69, 9.17) is 44.4 Å². The van der Waals surface area contributed by atoms with Gasteiger partial charge in [-0.1, -0.05) is 18.5 Å². The van der Waals surface area contributed by atoms with Crippen molar-refractivity contribution in [2.45, 2.75) is 37.9 Å². The molecule has 45 heavy (non-hydrogen) atoms. The fraction of sp³-hybridized carbons (Fsp3) is 0.375. The lowest BCUT2D eigenvalue weighted by Crippen LogP contribution is -2.48. The van der Waals surface area contributed by atoms with Crippen LogP contribution in [0.2, 0.25) is 5.02 Å². The van der Waals surface area contributed by atoms with Crippen LogP contribution in [-0.4, -0.2) is 69.0 Å². The number of hydrogen-bond donors (Lipinski definition) is 2. The Morgan fingerprint density at radius 2 is 1.76 bits per heavy atom. The number of carbonyl (C=O) groups is 1. The van der Waals surface area contributed by atoms with Gasteiger partial charge in [-0.2, -0.15) is 0 Å². The molecule has 1 aliphatic carbocycles. The molecule has 0 saturated carbocycles. The summed E-state index contributed by atoms with van der Waals surface area (Å²) >= 11 is 6.33. The highest BCUT2D eigenvalue weighted by Crippen LogP contribution is 2.61. The van der Waals surface area contributed by atoms with Gasteiger partial charge < -0.3 is 48.0 Å². The standard InChI is InChI=1S/C32H30ClNO11/c1-6-9-42-26-14-10-13-16(22(36)17(14)31(38)34(2)32(26)41-5)18-19-28(24(13)39-3)43-11-44-29(19)30-20(23(18)37)21(35)12-7-8-15(33)27(40-4)25(12)45-30/h7-8,10,24,26,28,32,36-37H,6,9,11H2,1-5H3. The van der Waals surface area contributed by atoms with E-state index in [1.807, 2.05) is 6.92 Å². The molecule has 4 atom stereocenters. The van der Waals surface area contributed by atoms with Crippen LogP contribution in [0.4, 0.5) is 0 Å². The Morgan fingerprint density at radius 3 is 2.44 bits per heavy atom. The van der Waals surface area contributed by atoms with E-state index in [1.54, 1.807) is 13.1 Å². The summed E-state index contributed by atoms with van der Waals surface area (Å²) in [6.07, 6.45) is -2.48. The minimum Gasteiger partial charge on any atom is -0.506 e. The number of amides is 1. The lowest BCUT2D eigenvalue weighted by molar-refractivity contribution is -0.123. The molecule has 2 aliphatic heterocycles. The van der Waals surface area contributed by atoms with Gasteiger partial charge in [0.2, 0.25) is 5.43 Å². The van der Waals surface area contributed by atoms with Crippen molar-refractivity contribution in [3.05, 3.63) is 55.7 Å². The van der Waals surface area contributed by atoms with Gasteiger partial charge in [0.05, 0.1) is 23.1 Å². The van der Waals surface area contributed by atoms with E-state index in [1.165, 1.54) is 38.4 Å². The Hall–Kier alpha value is -4.07. The van der Waals surface area contributed by atoms with Gasteiger partial charge in [-0.15, -0.1) is 0 Å². The molecule has 0 spiro atoms. The molecule has 236 valence electrons. The number of aromatic hydroxyl groups is 2. The minimum atomic E-state index is -0.855. The summed E-state index contributed by atoms with van der Waals surface area (Å²) in [5.41, 5.74) is 0.691. The lowest BCUT2D eigenvalue weighted by atomic mass is 9.76. The van der Waals surface area contributed by atoms with Crippen molar-refractivity contribution in [3.63, 3.8) is 0 Å². The van der Waals surface area contributed by atoms with Crippen molar-refractivity contribution in [1.82, 2.24) is 4.90 Å². The molecular formula is C32H30ClNO11. The zero-order valence-corrected chi connectivity index (χ0v) is 25.8. The maximum Gasteiger partial charge on any atom is 0.259 e. The second kappa shape index (κ2) is 10.8. The van der Waals surface area contributed by atoms with Gasteiger partial charge in [-0.3, -0.25) is 9.59 Å². The minimum absolute atomic E-state index is 0.0187. The van der Waals surface area contributed by atoms with Gasteiger partial charge >= 0.3 is 0 Å². The summed E-state index contributed by atoms with van der Waals surface area (Å²) in [6, 6.07) is 4.69. The van der Waals surface area contributed by atoms with Gasteiger partial charge in [-0.25, -0.2) is 0 Å². The Kier molecular flexibility index (Phi) is 7.10. The number of nitrogens with zero attached hydrogens (tertiary/aromatic N) is 1. The van der Waals surface area contributed by atoms with Gasteiger partial charge in [0, 0.05) is 50.1 Å². The fourth-order valence-electron chi connectivity index (χ4n) is 6.83. The van der Waals surface area contributed by atoms with Crippen molar-refractivity contribution in [1.29, 1.82) is 0 Å². The lowest BCUT2D eigenvalue weighted by Gasteiger charge is -2.42. The fourth-order valence-corrected chi connectivity index (χ4v) is 7.05. The third-order valence-corrected chi connectivity index (χ3v) is 9.07. The molecular weight excluding hydrogens is 610 g/mol. The van der Waals surface area contributed by atoms with Crippen molar-refractivity contribution in [2.24, 2.45) is 0 Å².